The second kappa shape index (κ2) is 7.40. The summed E-state index contributed by atoms with van der Waals surface area (Å²) in [6.07, 6.45) is 6.51. The molecule has 2 saturated carbocycles. The molecule has 148 valence electrons. The minimum Gasteiger partial charge on any atom is -0.454 e. The van der Waals surface area contributed by atoms with Crippen LogP contribution in [0, 0.1) is 11.3 Å². The quantitative estimate of drug-likeness (QED) is 0.561. The van der Waals surface area contributed by atoms with Crippen molar-refractivity contribution < 1.29 is 23.0 Å². The van der Waals surface area contributed by atoms with Crippen LogP contribution in [0.1, 0.15) is 37.7 Å². The van der Waals surface area contributed by atoms with E-state index in [1.165, 1.54) is 38.2 Å². The number of alkyl halides is 2. The lowest BCUT2D eigenvalue weighted by Crippen LogP contribution is -2.47. The van der Waals surface area contributed by atoms with Gasteiger partial charge in [0, 0.05) is 31.8 Å². The molecule has 3 aliphatic rings. The summed E-state index contributed by atoms with van der Waals surface area (Å²) >= 11 is 0. The molecule has 0 amide bonds. The molecule has 0 saturated heterocycles. The van der Waals surface area contributed by atoms with Crippen molar-refractivity contribution in [1.29, 1.82) is 0 Å². The predicted octanol–water partition coefficient (Wildman–Crippen LogP) is 3.26. The maximum absolute atomic E-state index is 12.7. The van der Waals surface area contributed by atoms with Gasteiger partial charge in [-0.1, -0.05) is 6.42 Å². The largest absolute Gasteiger partial charge is 0.454 e. The summed E-state index contributed by atoms with van der Waals surface area (Å²) in [5.41, 5.74) is 0.975. The van der Waals surface area contributed by atoms with Crippen LogP contribution in [0.5, 0.6) is 17.2 Å². The third-order valence-electron chi connectivity index (χ3n) is 5.84. The van der Waals surface area contributed by atoms with Crippen LogP contribution in [0.3, 0.4) is 0 Å². The topological polar surface area (TPSA) is 64.1 Å². The highest BCUT2D eigenvalue weighted by Crippen LogP contribution is 2.56. The number of ether oxygens (including phenoxy) is 3. The normalized spacial score (nSPS) is 20.4. The van der Waals surface area contributed by atoms with Crippen LogP contribution in [0.25, 0.3) is 0 Å². The average molecular weight is 381 g/mol. The van der Waals surface area contributed by atoms with E-state index in [4.69, 9.17) is 9.47 Å². The Hall–Kier alpha value is -2.25. The van der Waals surface area contributed by atoms with E-state index >= 15 is 0 Å². The van der Waals surface area contributed by atoms with E-state index in [1.807, 2.05) is 0 Å². The number of fused-ring (bicyclic) bond motifs is 1. The van der Waals surface area contributed by atoms with Crippen molar-refractivity contribution >= 4 is 5.96 Å². The zero-order valence-corrected chi connectivity index (χ0v) is 15.4. The summed E-state index contributed by atoms with van der Waals surface area (Å²) in [4.78, 5) is 4.26. The molecule has 1 aromatic rings. The van der Waals surface area contributed by atoms with Crippen molar-refractivity contribution in [3.8, 4) is 17.2 Å². The lowest BCUT2D eigenvalue weighted by atomic mass is 9.65. The summed E-state index contributed by atoms with van der Waals surface area (Å²) in [5, 5.41) is 6.60. The van der Waals surface area contributed by atoms with E-state index in [9.17, 15) is 8.78 Å². The van der Waals surface area contributed by atoms with E-state index in [1.54, 1.807) is 13.1 Å². The highest BCUT2D eigenvalue weighted by Gasteiger charge is 2.48. The summed E-state index contributed by atoms with van der Waals surface area (Å²) in [6, 6.07) is 3.11. The highest BCUT2D eigenvalue weighted by molar-refractivity contribution is 5.79. The molecule has 0 atom stereocenters. The predicted molar refractivity (Wildman–Crippen MR) is 96.4 cm³/mol. The Morgan fingerprint density at radius 1 is 1.26 bits per heavy atom. The molecule has 1 aliphatic heterocycles. The molecule has 0 spiro atoms. The Morgan fingerprint density at radius 3 is 2.59 bits per heavy atom. The number of benzene rings is 1. The van der Waals surface area contributed by atoms with Gasteiger partial charge >= 0.3 is 6.61 Å². The Kier molecular flexibility index (Phi) is 4.97. The number of rotatable bonds is 7. The fourth-order valence-corrected chi connectivity index (χ4v) is 4.02. The molecular formula is C19H25F2N3O3. The van der Waals surface area contributed by atoms with Crippen LogP contribution in [-0.4, -0.2) is 33.0 Å². The molecule has 2 N–H and O–H groups in total. The molecule has 0 unspecified atom stereocenters. The van der Waals surface area contributed by atoms with Gasteiger partial charge in [0.1, 0.15) is 5.75 Å². The Bertz CT molecular complexity index is 718. The van der Waals surface area contributed by atoms with Crippen LogP contribution in [0.2, 0.25) is 0 Å². The molecule has 0 bridgehead atoms. The fraction of sp³-hybridized carbons (Fsp3) is 0.632. The Labute approximate surface area is 157 Å². The minimum atomic E-state index is -2.90. The van der Waals surface area contributed by atoms with Crippen molar-refractivity contribution in [3.05, 3.63) is 17.7 Å². The molecule has 1 heterocycles. The lowest BCUT2D eigenvalue weighted by molar-refractivity contribution is -0.0505. The van der Waals surface area contributed by atoms with Gasteiger partial charge in [-0.05, 0) is 43.1 Å². The first-order valence-electron chi connectivity index (χ1n) is 9.41. The molecule has 1 aromatic carbocycles. The van der Waals surface area contributed by atoms with Crippen LogP contribution < -0.4 is 24.8 Å². The molecule has 0 aromatic heterocycles. The standard InChI is InChI=1S/C19H25F2N3O3/c1-22-18(24-10-19(5-2-6-19)13-3-4-13)23-9-12-7-15-16(26-11-25-15)8-14(12)27-17(20)21/h7-8,13,17H,2-6,9-11H2,1H3,(H2,22,23,24). The minimum absolute atomic E-state index is 0.0747. The van der Waals surface area contributed by atoms with Gasteiger partial charge in [-0.25, -0.2) is 0 Å². The first-order chi connectivity index (χ1) is 13.1. The lowest BCUT2D eigenvalue weighted by Gasteiger charge is -2.43. The number of guanidine groups is 1. The average Bonchev–Trinajstić information content (AvgIpc) is 3.35. The van der Waals surface area contributed by atoms with E-state index in [-0.39, 0.29) is 19.1 Å². The third-order valence-corrected chi connectivity index (χ3v) is 5.84. The van der Waals surface area contributed by atoms with Crippen molar-refractivity contribution in [2.45, 2.75) is 45.3 Å². The second-order valence-corrected chi connectivity index (χ2v) is 7.46. The number of nitrogens with one attached hydrogen (secondary N) is 2. The van der Waals surface area contributed by atoms with E-state index in [0.29, 0.717) is 28.4 Å². The maximum atomic E-state index is 12.7. The van der Waals surface area contributed by atoms with Gasteiger partial charge in [0.15, 0.2) is 17.5 Å². The molecule has 27 heavy (non-hydrogen) atoms. The van der Waals surface area contributed by atoms with Gasteiger partial charge in [0.05, 0.1) is 0 Å². The van der Waals surface area contributed by atoms with E-state index < -0.39 is 6.61 Å². The van der Waals surface area contributed by atoms with E-state index in [0.717, 1.165) is 12.5 Å². The maximum Gasteiger partial charge on any atom is 0.387 e. The first-order valence-corrected chi connectivity index (χ1v) is 9.41. The van der Waals surface area contributed by atoms with Crippen LogP contribution in [-0.2, 0) is 6.54 Å². The van der Waals surface area contributed by atoms with Gasteiger partial charge in [-0.15, -0.1) is 0 Å². The monoisotopic (exact) mass is 381 g/mol. The summed E-state index contributed by atoms with van der Waals surface area (Å²) in [6.45, 7) is -1.64. The summed E-state index contributed by atoms with van der Waals surface area (Å²) in [7, 11) is 1.70. The van der Waals surface area contributed by atoms with Gasteiger partial charge < -0.3 is 24.8 Å². The van der Waals surface area contributed by atoms with Gasteiger partial charge in [-0.3, -0.25) is 4.99 Å². The number of nitrogens with zero attached hydrogens (tertiary/aromatic N) is 1. The van der Waals surface area contributed by atoms with Crippen LogP contribution >= 0.6 is 0 Å². The summed E-state index contributed by atoms with van der Waals surface area (Å²) in [5.74, 6) is 2.51. The van der Waals surface area contributed by atoms with E-state index in [2.05, 4.69) is 20.4 Å². The number of aliphatic imine (C=N–C) groups is 1. The number of hydrogen-bond acceptors (Lipinski definition) is 4. The van der Waals surface area contributed by atoms with Gasteiger partial charge in [-0.2, -0.15) is 8.78 Å². The fourth-order valence-electron chi connectivity index (χ4n) is 4.02. The molecule has 6 nitrogen and oxygen atoms in total. The molecule has 2 aliphatic carbocycles. The SMILES string of the molecule is CN=C(NCc1cc2c(cc1OC(F)F)OCO2)NCC1(C2CC2)CCC1. The summed E-state index contributed by atoms with van der Waals surface area (Å²) < 4.78 is 40.7. The zero-order chi connectivity index (χ0) is 18.9. The highest BCUT2D eigenvalue weighted by atomic mass is 19.3. The number of hydrogen-bond donors (Lipinski definition) is 2. The van der Waals surface area contributed by atoms with Crippen molar-refractivity contribution in [2.24, 2.45) is 16.3 Å². The zero-order valence-electron chi connectivity index (χ0n) is 15.4. The Balaban J connectivity index is 1.39. The second-order valence-electron chi connectivity index (χ2n) is 7.46. The van der Waals surface area contributed by atoms with Crippen molar-refractivity contribution in [3.63, 3.8) is 0 Å². The molecule has 2 fully saturated rings. The van der Waals surface area contributed by atoms with Crippen LogP contribution in [0.4, 0.5) is 8.78 Å². The van der Waals surface area contributed by atoms with Crippen molar-refractivity contribution in [2.75, 3.05) is 20.4 Å². The molecule has 8 heteroatoms. The molecule has 4 rings (SSSR count). The molecular weight excluding hydrogens is 356 g/mol. The third kappa shape index (κ3) is 3.89. The van der Waals surface area contributed by atoms with Gasteiger partial charge in [0.2, 0.25) is 6.79 Å². The van der Waals surface area contributed by atoms with Crippen molar-refractivity contribution in [1.82, 2.24) is 10.6 Å². The first kappa shape index (κ1) is 18.1. The van der Waals surface area contributed by atoms with Crippen LogP contribution in [0.15, 0.2) is 17.1 Å². The number of halogens is 2. The Morgan fingerprint density at radius 2 is 2.00 bits per heavy atom. The molecule has 0 radical (unpaired) electrons. The van der Waals surface area contributed by atoms with Gasteiger partial charge in [0.25, 0.3) is 0 Å². The smallest absolute Gasteiger partial charge is 0.387 e.